The van der Waals surface area contributed by atoms with Gasteiger partial charge >= 0.3 is 0 Å². The summed E-state index contributed by atoms with van der Waals surface area (Å²) < 4.78 is 30.4. The molecule has 24 heavy (non-hydrogen) atoms. The zero-order valence-electron chi connectivity index (χ0n) is 13.3. The number of alkyl halides is 2. The summed E-state index contributed by atoms with van der Waals surface area (Å²) in [7, 11) is 0. The number of aromatic amines is 1. The molecule has 0 amide bonds. The maximum atomic E-state index is 12.2. The van der Waals surface area contributed by atoms with Crippen LogP contribution >= 0.6 is 0 Å². The van der Waals surface area contributed by atoms with Crippen molar-refractivity contribution in [2.45, 2.75) is 19.5 Å². The molecule has 0 aliphatic rings. The van der Waals surface area contributed by atoms with Crippen LogP contribution in [0.4, 0.5) is 8.78 Å². The van der Waals surface area contributed by atoms with Crippen LogP contribution in [0.1, 0.15) is 11.1 Å². The van der Waals surface area contributed by atoms with Crippen LogP contribution in [0, 0.1) is 0 Å². The first-order chi connectivity index (χ1) is 11.7. The largest absolute Gasteiger partial charge is 0.488 e. The predicted molar refractivity (Wildman–Crippen MR) is 91.7 cm³/mol. The van der Waals surface area contributed by atoms with Gasteiger partial charge in [-0.25, -0.2) is 8.78 Å². The molecule has 5 heteroatoms. The highest BCUT2D eigenvalue weighted by atomic mass is 19.3. The molecule has 0 radical (unpaired) electrons. The highest BCUT2D eigenvalue weighted by molar-refractivity contribution is 5.89. The van der Waals surface area contributed by atoms with Gasteiger partial charge in [-0.3, -0.25) is 0 Å². The highest BCUT2D eigenvalue weighted by Crippen LogP contribution is 2.29. The smallest absolute Gasteiger partial charge is 0.250 e. The Morgan fingerprint density at radius 3 is 2.67 bits per heavy atom. The fourth-order valence-electron chi connectivity index (χ4n) is 2.71. The lowest BCUT2D eigenvalue weighted by molar-refractivity contribution is 0.146. The number of nitrogens with one attached hydrogen (secondary N) is 2. The van der Waals surface area contributed by atoms with E-state index >= 15 is 0 Å². The van der Waals surface area contributed by atoms with E-state index in [0.717, 1.165) is 27.8 Å². The van der Waals surface area contributed by atoms with Crippen molar-refractivity contribution in [3.05, 3.63) is 65.9 Å². The molecule has 126 valence electrons. The van der Waals surface area contributed by atoms with Crippen molar-refractivity contribution >= 4 is 10.9 Å². The Morgan fingerprint density at radius 1 is 1.04 bits per heavy atom. The number of benzene rings is 2. The van der Waals surface area contributed by atoms with Gasteiger partial charge in [0.1, 0.15) is 12.4 Å². The zero-order valence-corrected chi connectivity index (χ0v) is 13.3. The van der Waals surface area contributed by atoms with Gasteiger partial charge in [0.2, 0.25) is 0 Å². The van der Waals surface area contributed by atoms with Gasteiger partial charge in [0, 0.05) is 17.1 Å². The van der Waals surface area contributed by atoms with Crippen LogP contribution in [0.3, 0.4) is 0 Å². The lowest BCUT2D eigenvalue weighted by atomic mass is 10.1. The number of rotatable bonds is 8. The molecule has 1 aromatic heterocycles. The molecule has 3 aromatic rings. The number of halogens is 2. The number of hydrogen-bond donors (Lipinski definition) is 2. The first-order valence-electron chi connectivity index (χ1n) is 7.98. The standard InChI is InChI=1S/C19H20F2N2O/c20-18(21)12-22-10-9-15-11-23-16-7-4-8-17(19(15)16)24-13-14-5-2-1-3-6-14/h1-8,11,18,22-23H,9-10,12-13H2. The summed E-state index contributed by atoms with van der Waals surface area (Å²) in [5.74, 6) is 0.807. The molecule has 0 aliphatic carbocycles. The first-order valence-corrected chi connectivity index (χ1v) is 7.98. The van der Waals surface area contributed by atoms with E-state index in [1.807, 2.05) is 54.7 Å². The fourth-order valence-corrected chi connectivity index (χ4v) is 2.71. The van der Waals surface area contributed by atoms with E-state index < -0.39 is 6.43 Å². The van der Waals surface area contributed by atoms with Crippen molar-refractivity contribution in [1.29, 1.82) is 0 Å². The van der Waals surface area contributed by atoms with Crippen molar-refractivity contribution in [1.82, 2.24) is 10.3 Å². The van der Waals surface area contributed by atoms with Crippen LogP contribution in [-0.2, 0) is 13.0 Å². The molecule has 0 spiro atoms. The summed E-state index contributed by atoms with van der Waals surface area (Å²) in [6, 6.07) is 15.8. The minimum absolute atomic E-state index is 0.278. The minimum atomic E-state index is -2.32. The quantitative estimate of drug-likeness (QED) is 0.609. The van der Waals surface area contributed by atoms with Gasteiger partial charge in [-0.05, 0) is 36.2 Å². The summed E-state index contributed by atoms with van der Waals surface area (Å²) >= 11 is 0. The molecule has 2 aromatic carbocycles. The molecule has 0 atom stereocenters. The Hall–Kier alpha value is -2.40. The second kappa shape index (κ2) is 7.93. The molecule has 0 unspecified atom stereocenters. The Kier molecular flexibility index (Phi) is 5.43. The Labute approximate surface area is 139 Å². The number of fused-ring (bicyclic) bond motifs is 1. The van der Waals surface area contributed by atoms with Gasteiger partial charge in [-0.1, -0.05) is 36.4 Å². The van der Waals surface area contributed by atoms with Crippen LogP contribution in [0.15, 0.2) is 54.7 Å². The summed E-state index contributed by atoms with van der Waals surface area (Å²) in [5.41, 5.74) is 3.16. The Balaban J connectivity index is 1.72. The molecule has 0 bridgehead atoms. The molecule has 0 saturated heterocycles. The summed E-state index contributed by atoms with van der Waals surface area (Å²) in [5, 5.41) is 3.78. The summed E-state index contributed by atoms with van der Waals surface area (Å²) in [6.07, 6.45) is 0.264. The van der Waals surface area contributed by atoms with Gasteiger partial charge in [-0.15, -0.1) is 0 Å². The molecule has 2 N–H and O–H groups in total. The fraction of sp³-hybridized carbons (Fsp3) is 0.263. The van der Waals surface area contributed by atoms with Crippen molar-refractivity contribution in [3.8, 4) is 5.75 Å². The van der Waals surface area contributed by atoms with Gasteiger partial charge in [-0.2, -0.15) is 0 Å². The van der Waals surface area contributed by atoms with Crippen LogP contribution in [0.5, 0.6) is 5.75 Å². The predicted octanol–water partition coefficient (Wildman–Crippen LogP) is 4.14. The minimum Gasteiger partial charge on any atom is -0.488 e. The zero-order chi connectivity index (χ0) is 16.8. The SMILES string of the molecule is FC(F)CNCCc1c[nH]c2cccc(OCc3ccccc3)c12. The maximum absolute atomic E-state index is 12.2. The highest BCUT2D eigenvalue weighted by Gasteiger charge is 2.10. The second-order valence-corrected chi connectivity index (χ2v) is 5.61. The van der Waals surface area contributed by atoms with E-state index in [1.165, 1.54) is 0 Å². The van der Waals surface area contributed by atoms with E-state index in [4.69, 9.17) is 4.74 Å². The molecule has 0 saturated carbocycles. The number of aromatic nitrogens is 1. The van der Waals surface area contributed by atoms with E-state index in [-0.39, 0.29) is 6.54 Å². The van der Waals surface area contributed by atoms with Crippen LogP contribution < -0.4 is 10.1 Å². The normalized spacial score (nSPS) is 11.3. The molecule has 0 aliphatic heterocycles. The monoisotopic (exact) mass is 330 g/mol. The van der Waals surface area contributed by atoms with Gasteiger partial charge in [0.05, 0.1) is 6.54 Å². The lowest BCUT2D eigenvalue weighted by Gasteiger charge is -2.10. The van der Waals surface area contributed by atoms with E-state index in [9.17, 15) is 8.78 Å². The molecular weight excluding hydrogens is 310 g/mol. The third-order valence-electron chi connectivity index (χ3n) is 3.86. The van der Waals surface area contributed by atoms with Crippen LogP contribution in [0.2, 0.25) is 0 Å². The third-order valence-corrected chi connectivity index (χ3v) is 3.86. The van der Waals surface area contributed by atoms with E-state index in [0.29, 0.717) is 19.6 Å². The lowest BCUT2D eigenvalue weighted by Crippen LogP contribution is -2.23. The van der Waals surface area contributed by atoms with E-state index in [1.54, 1.807) is 0 Å². The summed E-state index contributed by atoms with van der Waals surface area (Å²) in [4.78, 5) is 3.22. The number of ether oxygens (including phenoxy) is 1. The average Bonchev–Trinajstić information content (AvgIpc) is 3.01. The average molecular weight is 330 g/mol. The van der Waals surface area contributed by atoms with Crippen molar-refractivity contribution < 1.29 is 13.5 Å². The Morgan fingerprint density at radius 2 is 1.88 bits per heavy atom. The van der Waals surface area contributed by atoms with Crippen LogP contribution in [-0.4, -0.2) is 24.5 Å². The van der Waals surface area contributed by atoms with Crippen molar-refractivity contribution in [2.75, 3.05) is 13.1 Å². The third kappa shape index (κ3) is 4.11. The number of hydrogen-bond acceptors (Lipinski definition) is 2. The van der Waals surface area contributed by atoms with Gasteiger partial charge in [0.15, 0.2) is 0 Å². The number of H-pyrrole nitrogens is 1. The topological polar surface area (TPSA) is 37.0 Å². The van der Waals surface area contributed by atoms with Gasteiger partial charge in [0.25, 0.3) is 6.43 Å². The van der Waals surface area contributed by atoms with Crippen molar-refractivity contribution in [2.24, 2.45) is 0 Å². The second-order valence-electron chi connectivity index (χ2n) is 5.61. The van der Waals surface area contributed by atoms with E-state index in [2.05, 4.69) is 10.3 Å². The molecule has 0 fully saturated rings. The molecule has 1 heterocycles. The first kappa shape index (κ1) is 16.5. The molecule has 3 nitrogen and oxygen atoms in total. The maximum Gasteiger partial charge on any atom is 0.250 e. The van der Waals surface area contributed by atoms with Crippen molar-refractivity contribution in [3.63, 3.8) is 0 Å². The summed E-state index contributed by atoms with van der Waals surface area (Å²) in [6.45, 7) is 0.720. The Bertz CT molecular complexity index is 771. The van der Waals surface area contributed by atoms with Gasteiger partial charge < -0.3 is 15.0 Å². The van der Waals surface area contributed by atoms with Crippen LogP contribution in [0.25, 0.3) is 10.9 Å². The molecular formula is C19H20F2N2O. The molecule has 3 rings (SSSR count).